The molecule has 1 unspecified atom stereocenters. The smallest absolute Gasteiger partial charge is 0.0835 e. The third-order valence-electron chi connectivity index (χ3n) is 2.35. The van der Waals surface area contributed by atoms with Gasteiger partial charge in [-0.15, -0.1) is 0 Å². The van der Waals surface area contributed by atoms with Crippen LogP contribution in [0.4, 0.5) is 0 Å². The summed E-state index contributed by atoms with van der Waals surface area (Å²) in [7, 11) is 0. The Morgan fingerprint density at radius 1 is 1.15 bits per heavy atom. The predicted octanol–water partition coefficient (Wildman–Crippen LogP) is 1.99. The molecule has 0 bridgehead atoms. The van der Waals surface area contributed by atoms with Gasteiger partial charge in [-0.05, 0) is 18.7 Å². The Balaban J connectivity index is 2.72. The van der Waals surface area contributed by atoms with Crippen LogP contribution in [0.25, 0.3) is 0 Å². The monoisotopic (exact) mass is 178 g/mol. The van der Waals surface area contributed by atoms with Gasteiger partial charge in [0.15, 0.2) is 0 Å². The van der Waals surface area contributed by atoms with Crippen LogP contribution in [-0.2, 0) is 0 Å². The topological polar surface area (TPSA) is 29.3 Å². The van der Waals surface area contributed by atoms with Crippen LogP contribution < -0.4 is 5.73 Å². The maximum atomic E-state index is 6.09. The molecule has 2 heteroatoms. The fourth-order valence-electron chi connectivity index (χ4n) is 1.48. The number of nitrogens with zero attached hydrogens (tertiary/aromatic N) is 1. The van der Waals surface area contributed by atoms with Crippen LogP contribution in [-0.4, -0.2) is 18.0 Å². The molecule has 1 atom stereocenters. The van der Waals surface area contributed by atoms with E-state index in [4.69, 9.17) is 5.73 Å². The van der Waals surface area contributed by atoms with E-state index in [2.05, 4.69) is 30.9 Å². The van der Waals surface area contributed by atoms with E-state index in [9.17, 15) is 0 Å². The molecule has 0 fully saturated rings. The van der Waals surface area contributed by atoms with Crippen LogP contribution >= 0.6 is 0 Å². The molecule has 0 saturated carbocycles. The lowest BCUT2D eigenvalue weighted by Crippen LogP contribution is -2.34. The normalized spacial score (nSPS) is 13.2. The maximum absolute atomic E-state index is 6.09. The largest absolute Gasteiger partial charge is 0.312 e. The average Bonchev–Trinajstić information content (AvgIpc) is 2.21. The first-order chi connectivity index (χ1) is 6.29. The number of benzene rings is 1. The van der Waals surface area contributed by atoms with E-state index in [1.54, 1.807) is 0 Å². The standard InChI is InChI=1S/C11H18N2/c1-3-13(4-2)11(12)10-8-6-5-7-9-10/h5-9,11H,3-4,12H2,1-2H3. The van der Waals surface area contributed by atoms with Gasteiger partial charge in [0.2, 0.25) is 0 Å². The molecule has 0 aliphatic heterocycles. The van der Waals surface area contributed by atoms with Crippen molar-refractivity contribution < 1.29 is 0 Å². The summed E-state index contributed by atoms with van der Waals surface area (Å²) in [6.07, 6.45) is 0.0381. The Morgan fingerprint density at radius 3 is 2.15 bits per heavy atom. The van der Waals surface area contributed by atoms with Gasteiger partial charge in [0.1, 0.15) is 0 Å². The van der Waals surface area contributed by atoms with E-state index in [-0.39, 0.29) is 6.17 Å². The van der Waals surface area contributed by atoms with Crippen molar-refractivity contribution in [2.45, 2.75) is 20.0 Å². The summed E-state index contributed by atoms with van der Waals surface area (Å²) >= 11 is 0. The first kappa shape index (κ1) is 10.2. The van der Waals surface area contributed by atoms with Crippen LogP contribution in [0.5, 0.6) is 0 Å². The molecule has 1 aromatic rings. The molecule has 1 aromatic carbocycles. The van der Waals surface area contributed by atoms with Crippen LogP contribution in [0.2, 0.25) is 0 Å². The molecule has 1 rings (SSSR count). The lowest BCUT2D eigenvalue weighted by Gasteiger charge is -2.26. The van der Waals surface area contributed by atoms with Crippen molar-refractivity contribution in [2.24, 2.45) is 5.73 Å². The lowest BCUT2D eigenvalue weighted by molar-refractivity contribution is 0.224. The molecule has 0 aliphatic carbocycles. The minimum Gasteiger partial charge on any atom is -0.312 e. The SMILES string of the molecule is CCN(CC)C(N)c1ccccc1. The van der Waals surface area contributed by atoms with E-state index < -0.39 is 0 Å². The second kappa shape index (κ2) is 5.00. The van der Waals surface area contributed by atoms with Gasteiger partial charge in [0, 0.05) is 0 Å². The molecule has 0 saturated heterocycles. The van der Waals surface area contributed by atoms with E-state index in [0.29, 0.717) is 0 Å². The molecule has 0 heterocycles. The van der Waals surface area contributed by atoms with Gasteiger partial charge in [-0.3, -0.25) is 4.90 Å². The molecule has 0 radical (unpaired) electrons. The van der Waals surface area contributed by atoms with Crippen molar-refractivity contribution >= 4 is 0 Å². The molecule has 72 valence electrons. The van der Waals surface area contributed by atoms with Crippen molar-refractivity contribution in [3.63, 3.8) is 0 Å². The van der Waals surface area contributed by atoms with Crippen LogP contribution in [0.1, 0.15) is 25.6 Å². The van der Waals surface area contributed by atoms with Crippen LogP contribution in [0.15, 0.2) is 30.3 Å². The summed E-state index contributed by atoms with van der Waals surface area (Å²) < 4.78 is 0. The Hall–Kier alpha value is -0.860. The molecule has 0 spiro atoms. The van der Waals surface area contributed by atoms with Gasteiger partial charge in [-0.1, -0.05) is 44.2 Å². The van der Waals surface area contributed by atoms with Gasteiger partial charge in [-0.2, -0.15) is 0 Å². The van der Waals surface area contributed by atoms with Crippen molar-refractivity contribution in [1.82, 2.24) is 4.90 Å². The quantitative estimate of drug-likeness (QED) is 0.714. The summed E-state index contributed by atoms with van der Waals surface area (Å²) in [6, 6.07) is 10.2. The van der Waals surface area contributed by atoms with E-state index in [1.165, 1.54) is 5.56 Å². The Bertz CT molecular complexity index is 229. The lowest BCUT2D eigenvalue weighted by atomic mass is 10.1. The van der Waals surface area contributed by atoms with Crippen molar-refractivity contribution in [1.29, 1.82) is 0 Å². The molecule has 2 N–H and O–H groups in total. The zero-order valence-electron chi connectivity index (χ0n) is 8.40. The molecular weight excluding hydrogens is 160 g/mol. The zero-order chi connectivity index (χ0) is 9.68. The first-order valence-corrected chi connectivity index (χ1v) is 4.84. The Labute approximate surface area is 80.4 Å². The van der Waals surface area contributed by atoms with Gasteiger partial charge in [0.05, 0.1) is 6.17 Å². The van der Waals surface area contributed by atoms with Crippen LogP contribution in [0.3, 0.4) is 0 Å². The fourth-order valence-corrected chi connectivity index (χ4v) is 1.48. The van der Waals surface area contributed by atoms with Gasteiger partial charge >= 0.3 is 0 Å². The minimum absolute atomic E-state index is 0.0381. The Morgan fingerprint density at radius 2 is 1.69 bits per heavy atom. The number of rotatable bonds is 4. The van der Waals surface area contributed by atoms with E-state index in [1.807, 2.05) is 18.2 Å². The van der Waals surface area contributed by atoms with Crippen molar-refractivity contribution in [3.8, 4) is 0 Å². The minimum atomic E-state index is 0.0381. The second-order valence-corrected chi connectivity index (χ2v) is 3.08. The first-order valence-electron chi connectivity index (χ1n) is 4.84. The number of hydrogen-bond donors (Lipinski definition) is 1. The highest BCUT2D eigenvalue weighted by Gasteiger charge is 2.11. The summed E-state index contributed by atoms with van der Waals surface area (Å²) in [4.78, 5) is 2.23. The summed E-state index contributed by atoms with van der Waals surface area (Å²) in [6.45, 7) is 6.25. The van der Waals surface area contributed by atoms with E-state index in [0.717, 1.165) is 13.1 Å². The average molecular weight is 178 g/mol. The van der Waals surface area contributed by atoms with Crippen molar-refractivity contribution in [2.75, 3.05) is 13.1 Å². The fraction of sp³-hybridized carbons (Fsp3) is 0.455. The molecule has 13 heavy (non-hydrogen) atoms. The number of nitrogens with two attached hydrogens (primary N) is 1. The molecule has 0 aromatic heterocycles. The molecule has 2 nitrogen and oxygen atoms in total. The highest BCUT2D eigenvalue weighted by Crippen LogP contribution is 2.13. The Kier molecular flexibility index (Phi) is 3.93. The summed E-state index contributed by atoms with van der Waals surface area (Å²) in [5, 5.41) is 0. The second-order valence-electron chi connectivity index (χ2n) is 3.08. The van der Waals surface area contributed by atoms with Crippen LogP contribution in [0, 0.1) is 0 Å². The maximum Gasteiger partial charge on any atom is 0.0835 e. The van der Waals surface area contributed by atoms with Crippen molar-refractivity contribution in [3.05, 3.63) is 35.9 Å². The van der Waals surface area contributed by atoms with Gasteiger partial charge in [0.25, 0.3) is 0 Å². The summed E-state index contributed by atoms with van der Waals surface area (Å²) in [5.41, 5.74) is 7.27. The zero-order valence-corrected chi connectivity index (χ0v) is 8.40. The third kappa shape index (κ3) is 2.54. The predicted molar refractivity (Wildman–Crippen MR) is 56.3 cm³/mol. The molecule has 0 amide bonds. The number of hydrogen-bond acceptors (Lipinski definition) is 2. The summed E-state index contributed by atoms with van der Waals surface area (Å²) in [5.74, 6) is 0. The van der Waals surface area contributed by atoms with Gasteiger partial charge < -0.3 is 5.73 Å². The molecule has 0 aliphatic rings. The highest BCUT2D eigenvalue weighted by molar-refractivity contribution is 5.17. The molecular formula is C11H18N2. The third-order valence-corrected chi connectivity index (χ3v) is 2.35. The highest BCUT2D eigenvalue weighted by atomic mass is 15.2. The van der Waals surface area contributed by atoms with Gasteiger partial charge in [-0.25, -0.2) is 0 Å². The van der Waals surface area contributed by atoms with E-state index >= 15 is 0 Å².